The van der Waals surface area contributed by atoms with Gasteiger partial charge < -0.3 is 20.0 Å². The first-order chi connectivity index (χ1) is 10.7. The molecule has 2 aromatic rings. The zero-order chi connectivity index (χ0) is 15.4. The van der Waals surface area contributed by atoms with Crippen LogP contribution < -0.4 is 11.1 Å². The molecule has 1 aliphatic rings. The van der Waals surface area contributed by atoms with Gasteiger partial charge in [0.05, 0.1) is 19.4 Å². The minimum atomic E-state index is -0.679. The molecule has 1 aliphatic heterocycles. The molecule has 0 saturated carbocycles. The Bertz CT molecular complexity index is 602. The van der Waals surface area contributed by atoms with E-state index in [4.69, 9.17) is 14.7 Å². The summed E-state index contributed by atoms with van der Waals surface area (Å²) in [6.07, 6.45) is 3.78. The minimum absolute atomic E-state index is 0.0786. The number of piperidine rings is 1. The number of nitrogens with one attached hydrogen (secondary N) is 1. The average molecular weight is 305 g/mol. The molecule has 8 nitrogen and oxygen atoms in total. The first-order valence-corrected chi connectivity index (χ1v) is 7.31. The highest BCUT2D eigenvalue weighted by Crippen LogP contribution is 2.14. The van der Waals surface area contributed by atoms with Gasteiger partial charge in [-0.2, -0.15) is 4.98 Å². The largest absolute Gasteiger partial charge is 0.468 e. The smallest absolute Gasteiger partial charge is 0.290 e. The van der Waals surface area contributed by atoms with Crippen LogP contribution in [0.25, 0.3) is 0 Å². The summed E-state index contributed by atoms with van der Waals surface area (Å²) in [5, 5.41) is 6.89. The molecule has 3 heterocycles. The molecule has 1 fully saturated rings. The number of hydrogen-bond acceptors (Lipinski definition) is 7. The van der Waals surface area contributed by atoms with E-state index in [-0.39, 0.29) is 5.82 Å². The maximum absolute atomic E-state index is 10.9. The zero-order valence-electron chi connectivity index (χ0n) is 12.2. The number of amides is 1. The lowest BCUT2D eigenvalue weighted by Gasteiger charge is -2.31. The number of nitrogens with two attached hydrogens (primary N) is 1. The van der Waals surface area contributed by atoms with Crippen molar-refractivity contribution in [2.75, 3.05) is 13.1 Å². The van der Waals surface area contributed by atoms with Gasteiger partial charge in [0.1, 0.15) is 5.76 Å². The Morgan fingerprint density at radius 3 is 2.91 bits per heavy atom. The molecular weight excluding hydrogens is 286 g/mol. The number of carbonyl (C=O) groups excluding carboxylic acids is 1. The van der Waals surface area contributed by atoms with Crippen molar-refractivity contribution in [3.63, 3.8) is 0 Å². The SMILES string of the molecule is NC(=O)c1noc(CNC2CCN(Cc3ccco3)CC2)n1. The normalized spacial score (nSPS) is 16.9. The standard InChI is InChI=1S/C14H19N5O3/c15-13(20)14-17-12(22-18-14)8-16-10-3-5-19(6-4-10)9-11-2-1-7-21-11/h1-2,7,10,16H,3-6,8-9H2,(H2,15,20). The highest BCUT2D eigenvalue weighted by atomic mass is 16.5. The van der Waals surface area contributed by atoms with E-state index in [2.05, 4.69) is 20.4 Å². The van der Waals surface area contributed by atoms with E-state index in [1.165, 1.54) is 0 Å². The van der Waals surface area contributed by atoms with E-state index in [0.29, 0.717) is 18.5 Å². The fraction of sp³-hybridized carbons (Fsp3) is 0.500. The zero-order valence-corrected chi connectivity index (χ0v) is 12.2. The predicted molar refractivity (Wildman–Crippen MR) is 76.7 cm³/mol. The predicted octanol–water partition coefficient (Wildman–Crippen LogP) is 0.516. The molecule has 2 aromatic heterocycles. The maximum atomic E-state index is 10.9. The molecule has 0 spiro atoms. The van der Waals surface area contributed by atoms with Crippen LogP contribution in [-0.4, -0.2) is 40.1 Å². The van der Waals surface area contributed by atoms with Gasteiger partial charge in [0, 0.05) is 19.1 Å². The Balaban J connectivity index is 1.41. The number of aromatic nitrogens is 2. The lowest BCUT2D eigenvalue weighted by atomic mass is 10.0. The quantitative estimate of drug-likeness (QED) is 0.800. The van der Waals surface area contributed by atoms with E-state index < -0.39 is 5.91 Å². The Kier molecular flexibility index (Phi) is 4.50. The van der Waals surface area contributed by atoms with Crippen LogP contribution in [0.5, 0.6) is 0 Å². The number of carbonyl (C=O) groups is 1. The second-order valence-corrected chi connectivity index (χ2v) is 5.39. The molecule has 118 valence electrons. The molecule has 1 amide bonds. The van der Waals surface area contributed by atoms with Crippen LogP contribution in [0.1, 0.15) is 35.1 Å². The first kappa shape index (κ1) is 14.7. The lowest BCUT2D eigenvalue weighted by molar-refractivity contribution is 0.0987. The third kappa shape index (κ3) is 3.71. The van der Waals surface area contributed by atoms with Crippen molar-refractivity contribution in [1.29, 1.82) is 0 Å². The monoisotopic (exact) mass is 305 g/mol. The van der Waals surface area contributed by atoms with Crippen LogP contribution in [-0.2, 0) is 13.1 Å². The van der Waals surface area contributed by atoms with Crippen molar-refractivity contribution in [3.8, 4) is 0 Å². The van der Waals surface area contributed by atoms with Gasteiger partial charge >= 0.3 is 0 Å². The fourth-order valence-electron chi connectivity index (χ4n) is 2.58. The molecule has 3 N–H and O–H groups in total. The highest BCUT2D eigenvalue weighted by Gasteiger charge is 2.20. The van der Waals surface area contributed by atoms with Gasteiger partial charge in [0.2, 0.25) is 5.89 Å². The first-order valence-electron chi connectivity index (χ1n) is 7.31. The molecule has 0 aliphatic carbocycles. The number of nitrogens with zero attached hydrogens (tertiary/aromatic N) is 3. The highest BCUT2D eigenvalue weighted by molar-refractivity contribution is 5.88. The van der Waals surface area contributed by atoms with Gasteiger partial charge in [0.25, 0.3) is 11.7 Å². The van der Waals surface area contributed by atoms with Crippen molar-refractivity contribution in [3.05, 3.63) is 35.9 Å². The van der Waals surface area contributed by atoms with Crippen molar-refractivity contribution >= 4 is 5.91 Å². The maximum Gasteiger partial charge on any atom is 0.290 e. The van der Waals surface area contributed by atoms with Gasteiger partial charge in [-0.25, -0.2) is 0 Å². The summed E-state index contributed by atoms with van der Waals surface area (Å²) < 4.78 is 10.3. The summed E-state index contributed by atoms with van der Waals surface area (Å²) in [6.45, 7) is 3.32. The van der Waals surface area contributed by atoms with E-state index in [0.717, 1.165) is 38.2 Å². The summed E-state index contributed by atoms with van der Waals surface area (Å²) in [5.41, 5.74) is 5.08. The van der Waals surface area contributed by atoms with Gasteiger partial charge in [-0.3, -0.25) is 9.69 Å². The Morgan fingerprint density at radius 2 is 2.27 bits per heavy atom. The molecule has 22 heavy (non-hydrogen) atoms. The summed E-state index contributed by atoms with van der Waals surface area (Å²) >= 11 is 0. The third-order valence-corrected chi connectivity index (χ3v) is 3.78. The van der Waals surface area contributed by atoms with Crippen LogP contribution in [0.4, 0.5) is 0 Å². The Hall–Kier alpha value is -2.19. The molecular formula is C14H19N5O3. The Morgan fingerprint density at radius 1 is 1.45 bits per heavy atom. The van der Waals surface area contributed by atoms with E-state index >= 15 is 0 Å². The summed E-state index contributed by atoms with van der Waals surface area (Å²) in [7, 11) is 0. The number of rotatable bonds is 6. The molecule has 0 unspecified atom stereocenters. The van der Waals surface area contributed by atoms with Crippen LogP contribution in [0.15, 0.2) is 27.3 Å². The minimum Gasteiger partial charge on any atom is -0.468 e. The van der Waals surface area contributed by atoms with Gasteiger partial charge in [-0.1, -0.05) is 5.16 Å². The average Bonchev–Trinajstić information content (AvgIpc) is 3.18. The fourth-order valence-corrected chi connectivity index (χ4v) is 2.58. The molecule has 8 heteroatoms. The van der Waals surface area contributed by atoms with Crippen LogP contribution in [0, 0.1) is 0 Å². The van der Waals surface area contributed by atoms with Crippen molar-refractivity contribution < 1.29 is 13.7 Å². The van der Waals surface area contributed by atoms with Crippen molar-refractivity contribution in [1.82, 2.24) is 20.4 Å². The topological polar surface area (TPSA) is 110 Å². The third-order valence-electron chi connectivity index (χ3n) is 3.78. The van der Waals surface area contributed by atoms with Crippen molar-refractivity contribution in [2.45, 2.75) is 32.0 Å². The van der Waals surface area contributed by atoms with E-state index in [1.807, 2.05) is 12.1 Å². The summed E-state index contributed by atoms with van der Waals surface area (Å²) in [6, 6.07) is 4.31. The van der Waals surface area contributed by atoms with E-state index in [1.54, 1.807) is 6.26 Å². The molecule has 0 radical (unpaired) electrons. The molecule has 1 saturated heterocycles. The summed E-state index contributed by atoms with van der Waals surface area (Å²) in [5.74, 6) is 0.620. The van der Waals surface area contributed by atoms with Crippen LogP contribution in [0.2, 0.25) is 0 Å². The number of hydrogen-bond donors (Lipinski definition) is 2. The van der Waals surface area contributed by atoms with Gasteiger partial charge in [-0.05, 0) is 25.0 Å². The van der Waals surface area contributed by atoms with Crippen LogP contribution in [0.3, 0.4) is 0 Å². The van der Waals surface area contributed by atoms with Gasteiger partial charge in [0.15, 0.2) is 0 Å². The molecule has 0 atom stereocenters. The number of furan rings is 1. The Labute approximate surface area is 127 Å². The summed E-state index contributed by atoms with van der Waals surface area (Å²) in [4.78, 5) is 17.2. The molecule has 3 rings (SSSR count). The molecule has 0 aromatic carbocycles. The molecule has 0 bridgehead atoms. The van der Waals surface area contributed by atoms with Crippen LogP contribution >= 0.6 is 0 Å². The van der Waals surface area contributed by atoms with Gasteiger partial charge in [-0.15, -0.1) is 0 Å². The lowest BCUT2D eigenvalue weighted by Crippen LogP contribution is -2.41. The second kappa shape index (κ2) is 6.71. The second-order valence-electron chi connectivity index (χ2n) is 5.39. The van der Waals surface area contributed by atoms with Crippen molar-refractivity contribution in [2.24, 2.45) is 5.73 Å². The number of likely N-dealkylation sites (tertiary alicyclic amines) is 1. The van der Waals surface area contributed by atoms with E-state index in [9.17, 15) is 4.79 Å². The number of primary amides is 1.